The summed E-state index contributed by atoms with van der Waals surface area (Å²) >= 11 is 0. The molecule has 2 saturated heterocycles. The Kier molecular flexibility index (Phi) is 5.36. The van der Waals surface area contributed by atoms with Gasteiger partial charge in [-0.2, -0.15) is 5.10 Å². The Bertz CT molecular complexity index is 1010. The molecule has 5 rings (SSSR count). The van der Waals surface area contributed by atoms with Gasteiger partial charge in [0.05, 0.1) is 16.8 Å². The van der Waals surface area contributed by atoms with Gasteiger partial charge in [-0.1, -0.05) is 19.3 Å². The van der Waals surface area contributed by atoms with E-state index in [0.717, 1.165) is 37.9 Å². The van der Waals surface area contributed by atoms with Gasteiger partial charge in [-0.15, -0.1) is 0 Å². The fraction of sp³-hybridized carbons (Fsp3) is 0.708. The molecule has 3 fully saturated rings. The lowest BCUT2D eigenvalue weighted by atomic mass is 9.82. The van der Waals surface area contributed by atoms with Gasteiger partial charge in [0, 0.05) is 30.3 Å². The van der Waals surface area contributed by atoms with Gasteiger partial charge < -0.3 is 14.2 Å². The average Bonchev–Trinajstić information content (AvgIpc) is 3.11. The van der Waals surface area contributed by atoms with Crippen LogP contribution in [0.15, 0.2) is 12.1 Å². The highest BCUT2D eigenvalue weighted by Crippen LogP contribution is 2.38. The maximum atomic E-state index is 13.5. The highest BCUT2D eigenvalue weighted by Gasteiger charge is 2.52. The maximum Gasteiger partial charge on any atom is 0.516 e. The molecule has 0 radical (unpaired) electrons. The van der Waals surface area contributed by atoms with Crippen LogP contribution in [-0.4, -0.2) is 56.3 Å². The minimum Gasteiger partial charge on any atom is -0.398 e. The zero-order valence-corrected chi connectivity index (χ0v) is 20.1. The molecule has 1 aliphatic carbocycles. The van der Waals surface area contributed by atoms with E-state index in [-0.39, 0.29) is 11.9 Å². The highest BCUT2D eigenvalue weighted by molar-refractivity contribution is 6.61. The number of rotatable bonds is 3. The third-order valence-corrected chi connectivity index (χ3v) is 8.02. The van der Waals surface area contributed by atoms with Crippen molar-refractivity contribution in [1.29, 1.82) is 0 Å². The standard InChI is InChI=1S/C24H35BN4O3/c1-16-10-7-6-8-13-28(16)22(30)18-14-19(17-11-9-12-17)29-21(26-18)15-20(27-29)25-31-23(2,3)24(4,5)32-25/h14-17H,6-13H2,1-5H3/t16-/m1/s1. The Morgan fingerprint density at radius 3 is 2.41 bits per heavy atom. The molecule has 2 aromatic heterocycles. The van der Waals surface area contributed by atoms with E-state index < -0.39 is 18.3 Å². The van der Waals surface area contributed by atoms with E-state index >= 15 is 0 Å². The summed E-state index contributed by atoms with van der Waals surface area (Å²) in [6, 6.07) is 4.16. The van der Waals surface area contributed by atoms with Crippen molar-refractivity contribution >= 4 is 24.3 Å². The van der Waals surface area contributed by atoms with Crippen molar-refractivity contribution in [3.63, 3.8) is 0 Å². The second kappa shape index (κ2) is 7.84. The molecule has 2 aromatic rings. The van der Waals surface area contributed by atoms with Crippen molar-refractivity contribution < 1.29 is 14.1 Å². The van der Waals surface area contributed by atoms with Gasteiger partial charge in [0.25, 0.3) is 5.91 Å². The lowest BCUT2D eigenvalue weighted by Crippen LogP contribution is -2.41. The number of nitrogens with zero attached hydrogens (tertiary/aromatic N) is 4. The van der Waals surface area contributed by atoms with Gasteiger partial charge in [0.2, 0.25) is 0 Å². The van der Waals surface area contributed by atoms with Crippen molar-refractivity contribution in [3.05, 3.63) is 23.5 Å². The summed E-state index contributed by atoms with van der Waals surface area (Å²) in [6.45, 7) is 11.1. The van der Waals surface area contributed by atoms with Crippen molar-refractivity contribution in [1.82, 2.24) is 19.5 Å². The number of aromatic nitrogens is 3. The molecule has 2 aliphatic heterocycles. The molecule has 0 bridgehead atoms. The topological polar surface area (TPSA) is 69.0 Å². The molecule has 32 heavy (non-hydrogen) atoms. The minimum atomic E-state index is -0.541. The van der Waals surface area contributed by atoms with Crippen LogP contribution in [0.5, 0.6) is 0 Å². The molecule has 3 aliphatic rings. The Morgan fingerprint density at radius 1 is 1.03 bits per heavy atom. The predicted molar refractivity (Wildman–Crippen MR) is 124 cm³/mol. The normalized spacial score (nSPS) is 25.7. The second-order valence-corrected chi connectivity index (χ2v) is 10.8. The largest absolute Gasteiger partial charge is 0.516 e. The van der Waals surface area contributed by atoms with Crippen LogP contribution >= 0.6 is 0 Å². The number of fused-ring (bicyclic) bond motifs is 1. The molecule has 8 heteroatoms. The first-order valence-electron chi connectivity index (χ1n) is 12.2. The molecule has 1 saturated carbocycles. The van der Waals surface area contributed by atoms with E-state index in [1.807, 2.05) is 49.2 Å². The van der Waals surface area contributed by atoms with Crippen molar-refractivity contribution in [2.24, 2.45) is 0 Å². The lowest BCUT2D eigenvalue weighted by molar-refractivity contribution is 0.00578. The van der Waals surface area contributed by atoms with Gasteiger partial charge in [-0.25, -0.2) is 9.50 Å². The maximum absolute atomic E-state index is 13.5. The number of carbonyl (C=O) groups is 1. The fourth-order valence-corrected chi connectivity index (χ4v) is 4.92. The van der Waals surface area contributed by atoms with Crippen molar-refractivity contribution in [2.45, 2.75) is 103 Å². The van der Waals surface area contributed by atoms with E-state index in [0.29, 0.717) is 22.9 Å². The Balaban J connectivity index is 1.53. The molecule has 1 amide bonds. The molecule has 1 atom stereocenters. The smallest absolute Gasteiger partial charge is 0.398 e. The van der Waals surface area contributed by atoms with Crippen LogP contribution in [0.3, 0.4) is 0 Å². The van der Waals surface area contributed by atoms with Crippen molar-refractivity contribution in [2.75, 3.05) is 6.54 Å². The molecule has 0 spiro atoms. The second-order valence-electron chi connectivity index (χ2n) is 10.8. The predicted octanol–water partition coefficient (Wildman–Crippen LogP) is 3.70. The number of amides is 1. The third kappa shape index (κ3) is 3.65. The summed E-state index contributed by atoms with van der Waals surface area (Å²) in [5, 5.41) is 4.85. The molecule has 7 nitrogen and oxygen atoms in total. The van der Waals surface area contributed by atoms with Gasteiger partial charge >= 0.3 is 7.12 Å². The SMILES string of the molecule is C[C@@H]1CCCCCN1C(=O)c1cc(C2CCC2)n2nc(B3OC(C)(C)C(C)(C)O3)cc2n1. The summed E-state index contributed by atoms with van der Waals surface area (Å²) in [6.07, 6.45) is 7.96. The molecular weight excluding hydrogens is 403 g/mol. The quantitative estimate of drug-likeness (QED) is 0.684. The average molecular weight is 438 g/mol. The van der Waals surface area contributed by atoms with E-state index in [1.54, 1.807) is 0 Å². The monoisotopic (exact) mass is 438 g/mol. The zero-order chi connectivity index (χ0) is 22.7. The molecule has 0 aromatic carbocycles. The van der Waals surface area contributed by atoms with Gasteiger partial charge in [-0.3, -0.25) is 4.79 Å². The van der Waals surface area contributed by atoms with Crippen LogP contribution < -0.4 is 5.59 Å². The van der Waals surface area contributed by atoms with Crippen LogP contribution in [0.1, 0.15) is 102 Å². The summed E-state index contributed by atoms with van der Waals surface area (Å²) in [5.74, 6) is 0.459. The third-order valence-electron chi connectivity index (χ3n) is 8.02. The Morgan fingerprint density at radius 2 is 1.75 bits per heavy atom. The van der Waals surface area contributed by atoms with Crippen molar-refractivity contribution in [3.8, 4) is 0 Å². The van der Waals surface area contributed by atoms with Crippen LogP contribution in [0.4, 0.5) is 0 Å². The summed E-state index contributed by atoms with van der Waals surface area (Å²) in [4.78, 5) is 20.3. The van der Waals surface area contributed by atoms with Gasteiger partial charge in [0.1, 0.15) is 5.69 Å². The van der Waals surface area contributed by atoms with Gasteiger partial charge in [0.15, 0.2) is 5.65 Å². The minimum absolute atomic E-state index is 0.0425. The van der Waals surface area contributed by atoms with E-state index in [2.05, 4.69) is 6.92 Å². The van der Waals surface area contributed by atoms with Crippen LogP contribution in [0.2, 0.25) is 0 Å². The van der Waals surface area contributed by atoms with Crippen LogP contribution in [0.25, 0.3) is 5.65 Å². The first-order valence-corrected chi connectivity index (χ1v) is 12.2. The fourth-order valence-electron chi connectivity index (χ4n) is 4.92. The number of hydrogen-bond acceptors (Lipinski definition) is 5. The summed E-state index contributed by atoms with van der Waals surface area (Å²) in [5.41, 5.74) is 2.17. The Labute approximate surface area is 191 Å². The van der Waals surface area contributed by atoms with Crippen LogP contribution in [-0.2, 0) is 9.31 Å². The zero-order valence-electron chi connectivity index (χ0n) is 20.1. The van der Waals surface area contributed by atoms with Crippen LogP contribution in [0, 0.1) is 0 Å². The Hall–Kier alpha value is -1.93. The molecule has 0 N–H and O–H groups in total. The van der Waals surface area contributed by atoms with E-state index in [1.165, 1.54) is 19.3 Å². The first-order chi connectivity index (χ1) is 15.2. The number of likely N-dealkylation sites (tertiary alicyclic amines) is 1. The molecule has 0 unspecified atom stereocenters. The first kappa shape index (κ1) is 21.9. The van der Waals surface area contributed by atoms with E-state index in [9.17, 15) is 4.79 Å². The molecule has 4 heterocycles. The summed E-state index contributed by atoms with van der Waals surface area (Å²) in [7, 11) is -0.541. The molecular formula is C24H35BN4O3. The van der Waals surface area contributed by atoms with E-state index in [4.69, 9.17) is 19.4 Å². The molecule has 172 valence electrons. The lowest BCUT2D eigenvalue weighted by Gasteiger charge is -2.32. The summed E-state index contributed by atoms with van der Waals surface area (Å²) < 4.78 is 14.3. The highest BCUT2D eigenvalue weighted by atomic mass is 16.7. The van der Waals surface area contributed by atoms with Gasteiger partial charge in [-0.05, 0) is 66.4 Å². The number of carbonyl (C=O) groups excluding carboxylic acids is 1. The number of hydrogen-bond donors (Lipinski definition) is 0.